The summed E-state index contributed by atoms with van der Waals surface area (Å²) in [5.74, 6) is -2.06. The Bertz CT molecular complexity index is 1050. The minimum absolute atomic E-state index is 0.0722. The molecule has 7 nitrogen and oxygen atoms in total. The maximum atomic E-state index is 12.7. The number of benzene rings is 2. The van der Waals surface area contributed by atoms with Gasteiger partial charge < -0.3 is 15.6 Å². The number of nitrogens with two attached hydrogens (primary N) is 1. The van der Waals surface area contributed by atoms with Gasteiger partial charge in [0.25, 0.3) is 5.91 Å². The van der Waals surface area contributed by atoms with E-state index in [-0.39, 0.29) is 9.23 Å². The number of thioether (sulfide) groups is 1. The first-order valence-electron chi connectivity index (χ1n) is 9.31. The van der Waals surface area contributed by atoms with Crippen LogP contribution in [0.15, 0.2) is 53.4 Å². The quantitative estimate of drug-likeness (QED) is 0.464. The van der Waals surface area contributed by atoms with E-state index >= 15 is 0 Å². The van der Waals surface area contributed by atoms with Gasteiger partial charge in [-0.3, -0.25) is 14.5 Å². The van der Waals surface area contributed by atoms with Crippen LogP contribution >= 0.6 is 24.0 Å². The Kier molecular flexibility index (Phi) is 7.09. The Morgan fingerprint density at radius 1 is 1.19 bits per heavy atom. The lowest BCUT2D eigenvalue weighted by molar-refractivity contribution is -0.146. The summed E-state index contributed by atoms with van der Waals surface area (Å²) in [7, 11) is 0. The van der Waals surface area contributed by atoms with Crippen molar-refractivity contribution in [3.8, 4) is 5.75 Å². The van der Waals surface area contributed by atoms with E-state index in [2.05, 4.69) is 0 Å². The fourth-order valence-corrected chi connectivity index (χ4v) is 4.25. The highest BCUT2D eigenvalue weighted by Gasteiger charge is 2.41. The molecule has 0 radical (unpaired) electrons. The summed E-state index contributed by atoms with van der Waals surface area (Å²) in [4.78, 5) is 36.6. The van der Waals surface area contributed by atoms with Crippen LogP contribution in [-0.4, -0.2) is 38.2 Å². The zero-order chi connectivity index (χ0) is 22.5. The lowest BCUT2D eigenvalue weighted by atomic mass is 10.1. The Morgan fingerprint density at radius 2 is 1.84 bits per heavy atom. The van der Waals surface area contributed by atoms with Crippen LogP contribution in [0.5, 0.6) is 5.75 Å². The second-order valence-corrected chi connectivity index (χ2v) is 8.60. The average Bonchev–Trinajstić information content (AvgIpc) is 2.99. The molecule has 0 bridgehead atoms. The highest BCUT2D eigenvalue weighted by atomic mass is 32.2. The molecule has 2 amide bonds. The van der Waals surface area contributed by atoms with E-state index in [0.29, 0.717) is 12.4 Å². The third-order valence-electron chi connectivity index (χ3n) is 4.52. The summed E-state index contributed by atoms with van der Waals surface area (Å²) in [6, 6.07) is 13.8. The highest BCUT2D eigenvalue weighted by Crippen LogP contribution is 2.34. The number of hydrogen-bond acceptors (Lipinski definition) is 6. The topological polar surface area (TPSA) is 110 Å². The number of hydrogen-bond donors (Lipinski definition) is 2. The predicted octanol–water partition coefficient (Wildman–Crippen LogP) is 3.10. The molecule has 1 fully saturated rings. The lowest BCUT2D eigenvalue weighted by Crippen LogP contribution is -2.46. The minimum atomic E-state index is -1.42. The number of ether oxygens (including phenoxy) is 1. The molecule has 0 aliphatic carbocycles. The monoisotopic (exact) mass is 456 g/mol. The first-order chi connectivity index (χ1) is 14.7. The molecule has 3 rings (SSSR count). The van der Waals surface area contributed by atoms with Gasteiger partial charge in [-0.25, -0.2) is 4.79 Å². The number of primary amides is 1. The number of aliphatic carboxylic acids is 1. The van der Waals surface area contributed by atoms with Crippen LogP contribution in [0.2, 0.25) is 0 Å². The molecule has 2 aromatic carbocycles. The molecule has 31 heavy (non-hydrogen) atoms. The van der Waals surface area contributed by atoms with Crippen LogP contribution in [-0.2, 0) is 21.0 Å². The van der Waals surface area contributed by atoms with Gasteiger partial charge in [-0.15, -0.1) is 0 Å². The van der Waals surface area contributed by atoms with E-state index in [1.54, 1.807) is 30.3 Å². The molecule has 0 spiro atoms. The second kappa shape index (κ2) is 9.76. The standard InChI is InChI=1S/C22H20N2O5S2/c1-13-2-4-15(5-3-13)12-29-16-8-6-14(7-9-16)10-18-20(26)24(22(30)31-18)17(21(27)28)11-19(23)25/h2-10,17H,11-12H2,1H3,(H2,23,25)(H,27,28)/b18-10-. The summed E-state index contributed by atoms with van der Waals surface area (Å²) in [5.41, 5.74) is 8.08. The third-order valence-corrected chi connectivity index (χ3v) is 5.85. The molecule has 160 valence electrons. The van der Waals surface area contributed by atoms with Gasteiger partial charge in [-0.05, 0) is 36.3 Å². The fraction of sp³-hybridized carbons (Fsp3) is 0.182. The molecule has 1 atom stereocenters. The normalized spacial score (nSPS) is 15.9. The van der Waals surface area contributed by atoms with Gasteiger partial charge in [-0.1, -0.05) is 65.9 Å². The van der Waals surface area contributed by atoms with Crippen molar-refractivity contribution in [1.29, 1.82) is 0 Å². The summed E-state index contributed by atoms with van der Waals surface area (Å²) >= 11 is 6.15. The Hall–Kier alpha value is -3.17. The van der Waals surface area contributed by atoms with E-state index < -0.39 is 30.2 Å². The zero-order valence-corrected chi connectivity index (χ0v) is 18.2. The largest absolute Gasteiger partial charge is 0.489 e. The van der Waals surface area contributed by atoms with Crippen LogP contribution in [0.25, 0.3) is 6.08 Å². The van der Waals surface area contributed by atoms with Crippen LogP contribution in [0.4, 0.5) is 0 Å². The molecule has 1 saturated heterocycles. The Morgan fingerprint density at radius 3 is 2.42 bits per heavy atom. The van der Waals surface area contributed by atoms with Crippen LogP contribution < -0.4 is 10.5 Å². The number of aryl methyl sites for hydroxylation is 1. The molecule has 0 saturated carbocycles. The first kappa shape index (κ1) is 22.5. The summed E-state index contributed by atoms with van der Waals surface area (Å²) in [6.45, 7) is 2.46. The number of carbonyl (C=O) groups excluding carboxylic acids is 2. The summed E-state index contributed by atoms with van der Waals surface area (Å²) in [6.07, 6.45) is 1.11. The molecule has 1 aliphatic heterocycles. The van der Waals surface area contributed by atoms with E-state index in [4.69, 9.17) is 22.7 Å². The molecule has 1 unspecified atom stereocenters. The van der Waals surface area contributed by atoms with Crippen LogP contribution in [0.3, 0.4) is 0 Å². The van der Waals surface area contributed by atoms with Crippen molar-refractivity contribution >= 4 is 52.2 Å². The maximum absolute atomic E-state index is 12.7. The fourth-order valence-electron chi connectivity index (χ4n) is 2.89. The van der Waals surface area contributed by atoms with E-state index in [1.807, 2.05) is 31.2 Å². The van der Waals surface area contributed by atoms with Gasteiger partial charge in [-0.2, -0.15) is 0 Å². The average molecular weight is 457 g/mol. The Labute approximate surface area is 188 Å². The minimum Gasteiger partial charge on any atom is -0.489 e. The molecular formula is C22H20N2O5S2. The smallest absolute Gasteiger partial charge is 0.327 e. The molecule has 3 N–H and O–H groups in total. The number of rotatable bonds is 8. The van der Waals surface area contributed by atoms with Crippen LogP contribution in [0, 0.1) is 6.92 Å². The summed E-state index contributed by atoms with van der Waals surface area (Å²) < 4.78 is 5.85. The van der Waals surface area contributed by atoms with E-state index in [9.17, 15) is 19.5 Å². The maximum Gasteiger partial charge on any atom is 0.327 e. The number of carboxylic acid groups (broad SMARTS) is 1. The van der Waals surface area contributed by atoms with Crippen LogP contribution in [0.1, 0.15) is 23.1 Å². The van der Waals surface area contributed by atoms with Crippen molar-refractivity contribution in [2.75, 3.05) is 0 Å². The van der Waals surface area contributed by atoms with Gasteiger partial charge in [0.1, 0.15) is 22.7 Å². The van der Waals surface area contributed by atoms with E-state index in [1.165, 1.54) is 5.56 Å². The van der Waals surface area contributed by atoms with Gasteiger partial charge in [0.05, 0.1) is 11.3 Å². The molecular weight excluding hydrogens is 436 g/mol. The molecule has 1 heterocycles. The molecule has 1 aliphatic rings. The third kappa shape index (κ3) is 5.71. The van der Waals surface area contributed by atoms with Crippen molar-refractivity contribution in [2.45, 2.75) is 26.0 Å². The van der Waals surface area contributed by atoms with Crippen molar-refractivity contribution in [3.05, 3.63) is 70.1 Å². The first-order valence-corrected chi connectivity index (χ1v) is 10.5. The number of nitrogens with zero attached hydrogens (tertiary/aromatic N) is 1. The van der Waals surface area contributed by atoms with Gasteiger partial charge >= 0.3 is 5.97 Å². The molecule has 9 heteroatoms. The summed E-state index contributed by atoms with van der Waals surface area (Å²) in [5, 5.41) is 9.37. The van der Waals surface area contributed by atoms with Crippen molar-refractivity contribution < 1.29 is 24.2 Å². The SMILES string of the molecule is Cc1ccc(COc2ccc(/C=C3\SC(=S)N(C(CC(N)=O)C(=O)O)C3=O)cc2)cc1. The molecule has 0 aromatic heterocycles. The van der Waals surface area contributed by atoms with Gasteiger partial charge in [0, 0.05) is 0 Å². The zero-order valence-electron chi connectivity index (χ0n) is 16.6. The molecule has 2 aromatic rings. The number of carboxylic acids is 1. The number of carbonyl (C=O) groups is 3. The second-order valence-electron chi connectivity index (χ2n) is 6.92. The Balaban J connectivity index is 1.69. The van der Waals surface area contributed by atoms with Gasteiger partial charge in [0.15, 0.2) is 0 Å². The number of amides is 2. The number of thiocarbonyl (C=S) groups is 1. The van der Waals surface area contributed by atoms with E-state index in [0.717, 1.165) is 27.8 Å². The van der Waals surface area contributed by atoms with Crippen molar-refractivity contribution in [1.82, 2.24) is 4.90 Å². The predicted molar refractivity (Wildman–Crippen MR) is 122 cm³/mol. The van der Waals surface area contributed by atoms with Crippen molar-refractivity contribution in [2.24, 2.45) is 5.73 Å². The van der Waals surface area contributed by atoms with Crippen molar-refractivity contribution in [3.63, 3.8) is 0 Å². The highest BCUT2D eigenvalue weighted by molar-refractivity contribution is 8.26. The van der Waals surface area contributed by atoms with Gasteiger partial charge in [0.2, 0.25) is 5.91 Å². The lowest BCUT2D eigenvalue weighted by Gasteiger charge is -2.21.